The number of hydrogen-bond acceptors (Lipinski definition) is 2. The highest BCUT2D eigenvalue weighted by atomic mass is 32.1. The van der Waals surface area contributed by atoms with Crippen LogP contribution in [0.1, 0.15) is 25.8 Å². The second kappa shape index (κ2) is 6.35. The average Bonchev–Trinajstić information content (AvgIpc) is 2.32. The van der Waals surface area contributed by atoms with Crippen LogP contribution < -0.4 is 16.4 Å². The number of rotatable bonds is 4. The third-order valence-corrected chi connectivity index (χ3v) is 3.01. The van der Waals surface area contributed by atoms with Crippen molar-refractivity contribution in [3.63, 3.8) is 0 Å². The quantitative estimate of drug-likeness (QED) is 0.732. The number of benzene rings is 1. The Labute approximate surface area is 113 Å². The number of hydrogen-bond donors (Lipinski definition) is 3. The van der Waals surface area contributed by atoms with Crippen LogP contribution in [0.3, 0.4) is 0 Å². The van der Waals surface area contributed by atoms with Crippen molar-refractivity contribution in [3.05, 3.63) is 23.8 Å². The molecule has 0 fully saturated rings. The lowest BCUT2D eigenvalue weighted by Gasteiger charge is -2.15. The van der Waals surface area contributed by atoms with E-state index in [9.17, 15) is 4.79 Å². The Morgan fingerprint density at radius 3 is 2.44 bits per heavy atom. The number of nitrogens with two attached hydrogens (primary N) is 1. The molecule has 0 bridgehead atoms. The summed E-state index contributed by atoms with van der Waals surface area (Å²) in [6.45, 7) is 5.80. The maximum atomic E-state index is 11.8. The fourth-order valence-corrected chi connectivity index (χ4v) is 1.59. The lowest BCUT2D eigenvalue weighted by molar-refractivity contribution is -0.119. The van der Waals surface area contributed by atoms with Crippen molar-refractivity contribution in [1.29, 1.82) is 0 Å². The lowest BCUT2D eigenvalue weighted by Crippen LogP contribution is -2.22. The van der Waals surface area contributed by atoms with Crippen LogP contribution in [-0.2, 0) is 4.79 Å². The van der Waals surface area contributed by atoms with Crippen LogP contribution >= 0.6 is 12.2 Å². The Morgan fingerprint density at radius 1 is 1.39 bits per heavy atom. The molecule has 98 valence electrons. The summed E-state index contributed by atoms with van der Waals surface area (Å²) in [7, 11) is 0. The summed E-state index contributed by atoms with van der Waals surface area (Å²) in [5.74, 6) is 0.0182. The Bertz CT molecular complexity index is 460. The summed E-state index contributed by atoms with van der Waals surface area (Å²) in [4.78, 5) is 11.8. The van der Waals surface area contributed by atoms with Crippen molar-refractivity contribution in [3.8, 4) is 0 Å². The highest BCUT2D eigenvalue weighted by molar-refractivity contribution is 7.80. The number of carbonyl (C=O) groups is 1. The van der Waals surface area contributed by atoms with Crippen LogP contribution in [0.2, 0.25) is 0 Å². The van der Waals surface area contributed by atoms with Gasteiger partial charge in [0.05, 0.1) is 0 Å². The van der Waals surface area contributed by atoms with Gasteiger partial charge in [0.15, 0.2) is 5.11 Å². The molecule has 0 aromatic heterocycles. The van der Waals surface area contributed by atoms with E-state index in [1.165, 1.54) is 0 Å². The van der Waals surface area contributed by atoms with E-state index < -0.39 is 0 Å². The molecule has 0 aliphatic heterocycles. The van der Waals surface area contributed by atoms with Crippen molar-refractivity contribution < 1.29 is 4.79 Å². The van der Waals surface area contributed by atoms with E-state index >= 15 is 0 Å². The van der Waals surface area contributed by atoms with Gasteiger partial charge in [-0.05, 0) is 43.3 Å². The van der Waals surface area contributed by atoms with Crippen molar-refractivity contribution in [2.45, 2.75) is 27.2 Å². The molecule has 4 nitrogen and oxygen atoms in total. The second-order valence-electron chi connectivity index (χ2n) is 4.27. The van der Waals surface area contributed by atoms with Crippen molar-refractivity contribution in [2.24, 2.45) is 11.7 Å². The van der Waals surface area contributed by atoms with Crippen LogP contribution in [0.15, 0.2) is 18.2 Å². The molecule has 0 saturated heterocycles. The summed E-state index contributed by atoms with van der Waals surface area (Å²) in [6, 6.07) is 5.58. The van der Waals surface area contributed by atoms with Gasteiger partial charge in [-0.15, -0.1) is 0 Å². The maximum absolute atomic E-state index is 11.8. The van der Waals surface area contributed by atoms with Gasteiger partial charge in [-0.25, -0.2) is 0 Å². The van der Waals surface area contributed by atoms with E-state index in [-0.39, 0.29) is 16.9 Å². The van der Waals surface area contributed by atoms with Gasteiger partial charge in [0.2, 0.25) is 5.91 Å². The first kappa shape index (κ1) is 14.4. The van der Waals surface area contributed by atoms with Crippen LogP contribution in [0.25, 0.3) is 0 Å². The molecule has 5 heteroatoms. The zero-order valence-electron chi connectivity index (χ0n) is 10.9. The normalized spacial score (nSPS) is 11.7. The topological polar surface area (TPSA) is 67.2 Å². The summed E-state index contributed by atoms with van der Waals surface area (Å²) in [6.07, 6.45) is 0.815. The predicted molar refractivity (Wildman–Crippen MR) is 79.7 cm³/mol. The number of anilines is 2. The van der Waals surface area contributed by atoms with Crippen molar-refractivity contribution in [2.75, 3.05) is 10.6 Å². The molecule has 18 heavy (non-hydrogen) atoms. The summed E-state index contributed by atoms with van der Waals surface area (Å²) in [5.41, 5.74) is 7.95. The van der Waals surface area contributed by atoms with Gasteiger partial charge in [0.1, 0.15) is 0 Å². The van der Waals surface area contributed by atoms with Crippen LogP contribution in [-0.4, -0.2) is 11.0 Å². The van der Waals surface area contributed by atoms with E-state index in [1.807, 2.05) is 39.0 Å². The number of carbonyl (C=O) groups excluding carboxylic acids is 1. The number of thiocarbonyl (C=S) groups is 1. The standard InChI is InChI=1S/C13H19N3OS/c1-4-8(2)12(17)15-10-6-5-7-11(9(10)3)16-13(14)18/h5-8H,4H2,1-3H3,(H,15,17)(H3,14,16,18). The van der Waals surface area contributed by atoms with Crippen LogP contribution in [0, 0.1) is 12.8 Å². The SMILES string of the molecule is CCC(C)C(=O)Nc1cccc(NC(N)=S)c1C. The highest BCUT2D eigenvalue weighted by Crippen LogP contribution is 2.23. The minimum absolute atomic E-state index is 0.00315. The Kier molecular flexibility index (Phi) is 5.09. The monoisotopic (exact) mass is 265 g/mol. The third-order valence-electron chi connectivity index (χ3n) is 2.91. The molecule has 0 aliphatic carbocycles. The van der Waals surface area contributed by atoms with E-state index in [0.29, 0.717) is 0 Å². The maximum Gasteiger partial charge on any atom is 0.227 e. The molecule has 1 unspecified atom stereocenters. The highest BCUT2D eigenvalue weighted by Gasteiger charge is 2.12. The van der Waals surface area contributed by atoms with Crippen molar-refractivity contribution in [1.82, 2.24) is 0 Å². The molecule has 4 N–H and O–H groups in total. The van der Waals surface area contributed by atoms with Gasteiger partial charge in [-0.1, -0.05) is 19.9 Å². The molecule has 0 spiro atoms. The van der Waals surface area contributed by atoms with Gasteiger partial charge in [-0.3, -0.25) is 4.79 Å². The van der Waals surface area contributed by atoms with E-state index in [2.05, 4.69) is 10.6 Å². The zero-order valence-corrected chi connectivity index (χ0v) is 11.7. The molecule has 1 aromatic carbocycles. The van der Waals surface area contributed by atoms with Gasteiger partial charge in [-0.2, -0.15) is 0 Å². The molecule has 0 saturated carbocycles. The molecule has 0 radical (unpaired) electrons. The molecule has 1 aromatic rings. The summed E-state index contributed by atoms with van der Waals surface area (Å²) < 4.78 is 0. The Hall–Kier alpha value is -1.62. The first-order chi connectivity index (χ1) is 8.45. The molecule has 1 atom stereocenters. The predicted octanol–water partition coefficient (Wildman–Crippen LogP) is 2.64. The van der Waals surface area contributed by atoms with Crippen molar-refractivity contribution >= 4 is 34.6 Å². The number of amides is 1. The first-order valence-electron chi connectivity index (χ1n) is 5.92. The smallest absolute Gasteiger partial charge is 0.227 e. The molecular formula is C13H19N3OS. The summed E-state index contributed by atoms with van der Waals surface area (Å²) >= 11 is 4.81. The summed E-state index contributed by atoms with van der Waals surface area (Å²) in [5, 5.41) is 6.01. The Balaban J connectivity index is 2.90. The molecule has 0 heterocycles. The van der Waals surface area contributed by atoms with E-state index in [4.69, 9.17) is 18.0 Å². The molecule has 1 rings (SSSR count). The molecule has 1 amide bonds. The van der Waals surface area contributed by atoms with Gasteiger partial charge >= 0.3 is 0 Å². The fourth-order valence-electron chi connectivity index (χ4n) is 1.48. The third kappa shape index (κ3) is 3.70. The van der Waals surface area contributed by atoms with Gasteiger partial charge < -0.3 is 16.4 Å². The first-order valence-corrected chi connectivity index (χ1v) is 6.33. The zero-order chi connectivity index (χ0) is 13.7. The van der Waals surface area contributed by atoms with Gasteiger partial charge in [0.25, 0.3) is 0 Å². The van der Waals surface area contributed by atoms with Gasteiger partial charge in [0, 0.05) is 17.3 Å². The van der Waals surface area contributed by atoms with Crippen LogP contribution in [0.5, 0.6) is 0 Å². The molecule has 0 aliphatic rings. The van der Waals surface area contributed by atoms with Crippen LogP contribution in [0.4, 0.5) is 11.4 Å². The fraction of sp³-hybridized carbons (Fsp3) is 0.385. The largest absolute Gasteiger partial charge is 0.376 e. The Morgan fingerprint density at radius 2 is 1.94 bits per heavy atom. The minimum atomic E-state index is -0.00315. The second-order valence-corrected chi connectivity index (χ2v) is 4.71. The van der Waals surface area contributed by atoms with E-state index in [1.54, 1.807) is 0 Å². The lowest BCUT2D eigenvalue weighted by atomic mass is 10.1. The average molecular weight is 265 g/mol. The van der Waals surface area contributed by atoms with E-state index in [0.717, 1.165) is 23.4 Å². The minimum Gasteiger partial charge on any atom is -0.376 e. The number of nitrogens with one attached hydrogen (secondary N) is 2. The molecular weight excluding hydrogens is 246 g/mol.